The number of allylic oxidation sites excluding steroid dienone is 1. The molecule has 0 aliphatic rings. The Balaban J connectivity index is 2.99. The average Bonchev–Trinajstić information content (AvgIpc) is 2.48. The van der Waals surface area contributed by atoms with Crippen LogP contribution in [0.5, 0.6) is 0 Å². The van der Waals surface area contributed by atoms with Crippen molar-refractivity contribution in [1.82, 2.24) is 0 Å². The second kappa shape index (κ2) is 3.45. The van der Waals surface area contributed by atoms with Crippen LogP contribution in [0.2, 0.25) is 0 Å². The summed E-state index contributed by atoms with van der Waals surface area (Å²) in [6, 6.07) is 2.23. The Bertz CT molecular complexity index is 378. The first-order valence-corrected chi connectivity index (χ1v) is 4.23. The molecule has 1 aromatic rings. The molecule has 1 heterocycles. The maximum absolute atomic E-state index is 12.1. The van der Waals surface area contributed by atoms with Gasteiger partial charge < -0.3 is 5.11 Å². The molecule has 0 fully saturated rings. The van der Waals surface area contributed by atoms with Crippen molar-refractivity contribution in [3.05, 3.63) is 28.5 Å². The molecule has 1 aromatic heterocycles. The lowest BCUT2D eigenvalue weighted by Gasteiger charge is -2.06. The molecule has 0 saturated heterocycles. The van der Waals surface area contributed by atoms with Gasteiger partial charge in [-0.3, -0.25) is 0 Å². The van der Waals surface area contributed by atoms with Crippen molar-refractivity contribution in [2.75, 3.05) is 0 Å². The summed E-state index contributed by atoms with van der Waals surface area (Å²) >= 11 is 0.557. The van der Waals surface area contributed by atoms with E-state index in [9.17, 15) is 18.0 Å². The Morgan fingerprint density at radius 2 is 1.86 bits per heavy atom. The van der Waals surface area contributed by atoms with Gasteiger partial charge in [-0.2, -0.15) is 13.2 Å². The van der Waals surface area contributed by atoms with E-state index in [1.807, 2.05) is 0 Å². The van der Waals surface area contributed by atoms with Crippen LogP contribution in [-0.4, -0.2) is 17.3 Å². The molecular weight excluding hydrogens is 217 g/mol. The number of thiophene rings is 1. The summed E-state index contributed by atoms with van der Waals surface area (Å²) in [5.41, 5.74) is -1.02. The van der Waals surface area contributed by atoms with E-state index in [0.29, 0.717) is 11.3 Å². The number of aromatic carboxylic acids is 1. The zero-order valence-electron chi connectivity index (χ0n) is 6.76. The normalized spacial score (nSPS) is 11.4. The van der Waals surface area contributed by atoms with Gasteiger partial charge in [0.1, 0.15) is 4.88 Å². The Morgan fingerprint density at radius 3 is 2.21 bits per heavy atom. The quantitative estimate of drug-likeness (QED) is 0.835. The van der Waals surface area contributed by atoms with Crippen molar-refractivity contribution in [3.8, 4) is 0 Å². The van der Waals surface area contributed by atoms with E-state index < -0.39 is 17.7 Å². The third-order valence-electron chi connectivity index (χ3n) is 1.46. The van der Waals surface area contributed by atoms with Crippen molar-refractivity contribution in [1.29, 1.82) is 0 Å². The van der Waals surface area contributed by atoms with Crippen LogP contribution in [-0.2, 0) is 0 Å². The average molecular weight is 222 g/mol. The van der Waals surface area contributed by atoms with Gasteiger partial charge in [0, 0.05) is 4.88 Å². The molecule has 0 aromatic carbocycles. The standard InChI is InChI=1S/C8H5F3O2S/c1-4(8(9,10)11)5-2-3-6(14-5)7(12)13/h2-3H,1H2,(H,12,13). The highest BCUT2D eigenvalue weighted by molar-refractivity contribution is 7.15. The number of rotatable bonds is 2. The molecule has 0 bridgehead atoms. The summed E-state index contributed by atoms with van der Waals surface area (Å²) in [6.45, 7) is 2.86. The number of carboxylic acid groups (broad SMARTS) is 1. The largest absolute Gasteiger partial charge is 0.477 e. The molecule has 1 N–H and O–H groups in total. The maximum atomic E-state index is 12.1. The first-order valence-electron chi connectivity index (χ1n) is 3.42. The number of halogens is 3. The summed E-state index contributed by atoms with van der Waals surface area (Å²) < 4.78 is 36.3. The first-order chi connectivity index (χ1) is 6.32. The molecule has 6 heteroatoms. The van der Waals surface area contributed by atoms with E-state index in [1.54, 1.807) is 0 Å². The molecular formula is C8H5F3O2S. The van der Waals surface area contributed by atoms with Crippen LogP contribution in [0.15, 0.2) is 18.7 Å². The Labute approximate surface area is 81.3 Å². The zero-order valence-corrected chi connectivity index (χ0v) is 7.58. The second-order valence-electron chi connectivity index (χ2n) is 2.45. The Kier molecular flexibility index (Phi) is 2.66. The van der Waals surface area contributed by atoms with Crippen LogP contribution in [0.1, 0.15) is 14.5 Å². The monoisotopic (exact) mass is 222 g/mol. The van der Waals surface area contributed by atoms with Gasteiger partial charge in [0.25, 0.3) is 0 Å². The molecule has 0 atom stereocenters. The summed E-state index contributed by atoms with van der Waals surface area (Å²) in [5, 5.41) is 8.48. The van der Waals surface area contributed by atoms with E-state index in [1.165, 1.54) is 0 Å². The summed E-state index contributed by atoms with van der Waals surface area (Å²) in [6.07, 6.45) is -4.51. The molecule has 0 aliphatic carbocycles. The fraction of sp³-hybridized carbons (Fsp3) is 0.125. The molecule has 0 unspecified atom stereocenters. The molecule has 0 spiro atoms. The SMILES string of the molecule is C=C(c1ccc(C(=O)O)s1)C(F)(F)F. The molecule has 76 valence electrons. The summed E-state index contributed by atoms with van der Waals surface area (Å²) in [4.78, 5) is 10.1. The van der Waals surface area contributed by atoms with Gasteiger partial charge in [0.15, 0.2) is 0 Å². The van der Waals surface area contributed by atoms with Gasteiger partial charge in [-0.1, -0.05) is 6.58 Å². The highest BCUT2D eigenvalue weighted by Crippen LogP contribution is 2.35. The first kappa shape index (κ1) is 10.8. The molecule has 2 nitrogen and oxygen atoms in total. The van der Waals surface area contributed by atoms with Gasteiger partial charge in [0.2, 0.25) is 0 Å². The second-order valence-corrected chi connectivity index (χ2v) is 3.53. The fourth-order valence-corrected chi connectivity index (χ4v) is 1.59. The number of carboxylic acids is 1. The lowest BCUT2D eigenvalue weighted by Crippen LogP contribution is -2.08. The van der Waals surface area contributed by atoms with Crippen molar-refractivity contribution >= 4 is 22.9 Å². The van der Waals surface area contributed by atoms with Gasteiger partial charge in [0.05, 0.1) is 5.57 Å². The Morgan fingerprint density at radius 1 is 1.36 bits per heavy atom. The topological polar surface area (TPSA) is 37.3 Å². The third kappa shape index (κ3) is 2.14. The minimum Gasteiger partial charge on any atom is -0.477 e. The maximum Gasteiger partial charge on any atom is 0.417 e. The number of carbonyl (C=O) groups is 1. The molecule has 14 heavy (non-hydrogen) atoms. The summed E-state index contributed by atoms with van der Waals surface area (Å²) in [7, 11) is 0. The van der Waals surface area contributed by atoms with Crippen LogP contribution < -0.4 is 0 Å². The van der Waals surface area contributed by atoms with E-state index in [2.05, 4.69) is 6.58 Å². The molecule has 0 amide bonds. The highest BCUT2D eigenvalue weighted by atomic mass is 32.1. The van der Waals surface area contributed by atoms with Crippen molar-refractivity contribution < 1.29 is 23.1 Å². The lowest BCUT2D eigenvalue weighted by atomic mass is 10.2. The predicted octanol–water partition coefficient (Wildman–Crippen LogP) is 3.02. The number of hydrogen-bond donors (Lipinski definition) is 1. The predicted molar refractivity (Wildman–Crippen MR) is 46.4 cm³/mol. The van der Waals surface area contributed by atoms with Crippen LogP contribution >= 0.6 is 11.3 Å². The van der Waals surface area contributed by atoms with Crippen molar-refractivity contribution in [2.24, 2.45) is 0 Å². The van der Waals surface area contributed by atoms with Crippen molar-refractivity contribution in [3.63, 3.8) is 0 Å². The Hall–Kier alpha value is -1.30. The molecule has 0 aliphatic heterocycles. The van der Waals surface area contributed by atoms with Crippen LogP contribution in [0, 0.1) is 0 Å². The molecule has 0 saturated carbocycles. The zero-order chi connectivity index (χ0) is 10.9. The minimum atomic E-state index is -4.51. The fourth-order valence-electron chi connectivity index (χ4n) is 0.755. The van der Waals surface area contributed by atoms with E-state index in [4.69, 9.17) is 5.11 Å². The van der Waals surface area contributed by atoms with Crippen LogP contribution in [0.3, 0.4) is 0 Å². The molecule has 0 radical (unpaired) electrons. The van der Waals surface area contributed by atoms with Crippen LogP contribution in [0.25, 0.3) is 5.57 Å². The number of alkyl halides is 3. The number of hydrogen-bond acceptors (Lipinski definition) is 2. The van der Waals surface area contributed by atoms with Crippen molar-refractivity contribution in [2.45, 2.75) is 6.18 Å². The minimum absolute atomic E-state index is 0.134. The molecule has 1 rings (SSSR count). The lowest BCUT2D eigenvalue weighted by molar-refractivity contribution is -0.0684. The van der Waals surface area contributed by atoms with Gasteiger partial charge in [-0.15, -0.1) is 11.3 Å². The van der Waals surface area contributed by atoms with Gasteiger partial charge in [-0.05, 0) is 12.1 Å². The smallest absolute Gasteiger partial charge is 0.417 e. The van der Waals surface area contributed by atoms with E-state index in [-0.39, 0.29) is 9.75 Å². The van der Waals surface area contributed by atoms with Gasteiger partial charge in [-0.25, -0.2) is 4.79 Å². The van der Waals surface area contributed by atoms with E-state index in [0.717, 1.165) is 12.1 Å². The third-order valence-corrected chi connectivity index (χ3v) is 2.59. The van der Waals surface area contributed by atoms with Crippen LogP contribution in [0.4, 0.5) is 13.2 Å². The van der Waals surface area contributed by atoms with Gasteiger partial charge >= 0.3 is 12.1 Å². The summed E-state index contributed by atoms with van der Waals surface area (Å²) in [5.74, 6) is -1.24. The highest BCUT2D eigenvalue weighted by Gasteiger charge is 2.33. The van der Waals surface area contributed by atoms with E-state index >= 15 is 0 Å².